The van der Waals surface area contributed by atoms with Crippen molar-refractivity contribution in [3.63, 3.8) is 0 Å². The van der Waals surface area contributed by atoms with Gasteiger partial charge < -0.3 is 5.11 Å². The van der Waals surface area contributed by atoms with Crippen LogP contribution in [0.2, 0.25) is 5.02 Å². The quantitative estimate of drug-likeness (QED) is 0.876. The number of likely N-dealkylation sites (tertiary alicyclic amines) is 1. The maximum Gasteiger partial charge on any atom is 0.0632 e. The molecule has 3 heteroatoms. The van der Waals surface area contributed by atoms with Crippen LogP contribution in [0.5, 0.6) is 0 Å². The van der Waals surface area contributed by atoms with Crippen molar-refractivity contribution in [2.24, 2.45) is 0 Å². The third kappa shape index (κ3) is 3.98. The molecular formula is C14H20ClNO. The first kappa shape index (κ1) is 12.9. The maximum absolute atomic E-state index is 10.0. The SMILES string of the molecule is CC1(O)CCCN(Cc2cccc(Cl)c2)CC1. The zero-order chi connectivity index (χ0) is 12.3. The van der Waals surface area contributed by atoms with E-state index in [-0.39, 0.29) is 0 Å². The van der Waals surface area contributed by atoms with Crippen LogP contribution in [-0.4, -0.2) is 28.7 Å². The summed E-state index contributed by atoms with van der Waals surface area (Å²) in [6.07, 6.45) is 2.82. The Morgan fingerprint density at radius 1 is 1.35 bits per heavy atom. The van der Waals surface area contributed by atoms with Gasteiger partial charge in [0.15, 0.2) is 0 Å². The third-order valence-corrected chi connectivity index (χ3v) is 3.69. The van der Waals surface area contributed by atoms with E-state index in [1.807, 2.05) is 25.1 Å². The fourth-order valence-electron chi connectivity index (χ4n) is 2.37. The van der Waals surface area contributed by atoms with Crippen molar-refractivity contribution in [2.75, 3.05) is 13.1 Å². The van der Waals surface area contributed by atoms with Gasteiger partial charge in [0.2, 0.25) is 0 Å². The summed E-state index contributed by atoms with van der Waals surface area (Å²) in [5.41, 5.74) is 0.766. The Hall–Kier alpha value is -0.570. The predicted molar refractivity (Wildman–Crippen MR) is 71.2 cm³/mol. The molecule has 0 saturated carbocycles. The molecule has 1 aliphatic heterocycles. The summed E-state index contributed by atoms with van der Waals surface area (Å²) in [4.78, 5) is 2.40. The molecule has 1 unspecified atom stereocenters. The first-order valence-electron chi connectivity index (χ1n) is 6.24. The second kappa shape index (κ2) is 5.38. The maximum atomic E-state index is 10.0. The summed E-state index contributed by atoms with van der Waals surface area (Å²) >= 11 is 5.98. The molecule has 1 fully saturated rings. The molecular weight excluding hydrogens is 234 g/mol. The molecule has 1 aromatic carbocycles. The van der Waals surface area contributed by atoms with Crippen molar-refractivity contribution < 1.29 is 5.11 Å². The van der Waals surface area contributed by atoms with Gasteiger partial charge in [-0.15, -0.1) is 0 Å². The summed E-state index contributed by atoms with van der Waals surface area (Å²) in [6, 6.07) is 8.02. The molecule has 1 aromatic rings. The van der Waals surface area contributed by atoms with E-state index in [0.717, 1.165) is 43.9 Å². The van der Waals surface area contributed by atoms with Crippen LogP contribution in [0, 0.1) is 0 Å². The van der Waals surface area contributed by atoms with Gasteiger partial charge in [-0.25, -0.2) is 0 Å². The van der Waals surface area contributed by atoms with Crippen LogP contribution in [-0.2, 0) is 6.54 Å². The van der Waals surface area contributed by atoms with Gasteiger partial charge in [-0.05, 0) is 50.4 Å². The summed E-state index contributed by atoms with van der Waals surface area (Å²) in [5, 5.41) is 10.8. The minimum Gasteiger partial charge on any atom is -0.390 e. The Labute approximate surface area is 108 Å². The van der Waals surface area contributed by atoms with Gasteiger partial charge in [-0.3, -0.25) is 4.90 Å². The van der Waals surface area contributed by atoms with E-state index in [9.17, 15) is 5.11 Å². The Balaban J connectivity index is 1.95. The van der Waals surface area contributed by atoms with Crippen molar-refractivity contribution in [2.45, 2.75) is 38.3 Å². The number of hydrogen-bond donors (Lipinski definition) is 1. The lowest BCUT2D eigenvalue weighted by Gasteiger charge is -2.22. The minimum atomic E-state index is -0.483. The van der Waals surface area contributed by atoms with Crippen molar-refractivity contribution in [1.29, 1.82) is 0 Å². The molecule has 17 heavy (non-hydrogen) atoms. The first-order valence-corrected chi connectivity index (χ1v) is 6.62. The smallest absolute Gasteiger partial charge is 0.0632 e. The molecule has 1 aliphatic rings. The Morgan fingerprint density at radius 2 is 2.18 bits per heavy atom. The molecule has 2 rings (SSSR count). The molecule has 0 spiro atoms. The molecule has 0 aromatic heterocycles. The molecule has 0 amide bonds. The Bertz CT molecular complexity index is 378. The lowest BCUT2D eigenvalue weighted by atomic mass is 9.98. The zero-order valence-electron chi connectivity index (χ0n) is 10.3. The molecule has 0 aliphatic carbocycles. The molecule has 1 N–H and O–H groups in total. The van der Waals surface area contributed by atoms with Gasteiger partial charge in [0.05, 0.1) is 5.60 Å². The normalized spacial score (nSPS) is 26.8. The lowest BCUT2D eigenvalue weighted by Crippen LogP contribution is -2.28. The topological polar surface area (TPSA) is 23.5 Å². The predicted octanol–water partition coefficient (Wildman–Crippen LogP) is 3.08. The first-order chi connectivity index (χ1) is 8.05. The highest BCUT2D eigenvalue weighted by Gasteiger charge is 2.24. The second-order valence-electron chi connectivity index (χ2n) is 5.26. The second-order valence-corrected chi connectivity index (χ2v) is 5.69. The van der Waals surface area contributed by atoms with Crippen LogP contribution in [0.1, 0.15) is 31.7 Å². The van der Waals surface area contributed by atoms with Gasteiger partial charge in [-0.1, -0.05) is 23.7 Å². The highest BCUT2D eigenvalue weighted by molar-refractivity contribution is 6.30. The summed E-state index contributed by atoms with van der Waals surface area (Å²) in [6.45, 7) is 4.88. The molecule has 2 nitrogen and oxygen atoms in total. The lowest BCUT2D eigenvalue weighted by molar-refractivity contribution is 0.0444. The number of halogens is 1. The monoisotopic (exact) mass is 253 g/mol. The van der Waals surface area contributed by atoms with E-state index in [0.29, 0.717) is 0 Å². The van der Waals surface area contributed by atoms with E-state index in [2.05, 4.69) is 11.0 Å². The molecule has 0 bridgehead atoms. The minimum absolute atomic E-state index is 0.483. The number of hydrogen-bond acceptors (Lipinski definition) is 2. The van der Waals surface area contributed by atoms with Gasteiger partial charge in [0, 0.05) is 18.1 Å². The van der Waals surface area contributed by atoms with Crippen molar-refractivity contribution >= 4 is 11.6 Å². The zero-order valence-corrected chi connectivity index (χ0v) is 11.1. The number of benzene rings is 1. The van der Waals surface area contributed by atoms with E-state index in [4.69, 9.17) is 11.6 Å². The third-order valence-electron chi connectivity index (χ3n) is 3.45. The summed E-state index contributed by atoms with van der Waals surface area (Å²) < 4.78 is 0. The van der Waals surface area contributed by atoms with Crippen molar-refractivity contribution in [3.8, 4) is 0 Å². The van der Waals surface area contributed by atoms with E-state index in [1.165, 1.54) is 5.56 Å². The van der Waals surface area contributed by atoms with Gasteiger partial charge in [0.1, 0.15) is 0 Å². The fourth-order valence-corrected chi connectivity index (χ4v) is 2.58. The molecule has 1 heterocycles. The molecule has 0 radical (unpaired) electrons. The summed E-state index contributed by atoms with van der Waals surface area (Å²) in [5.74, 6) is 0. The molecule has 94 valence electrons. The average molecular weight is 254 g/mol. The van der Waals surface area contributed by atoms with Gasteiger partial charge in [-0.2, -0.15) is 0 Å². The van der Waals surface area contributed by atoms with Crippen molar-refractivity contribution in [1.82, 2.24) is 4.90 Å². The van der Waals surface area contributed by atoms with Crippen LogP contribution >= 0.6 is 11.6 Å². The van der Waals surface area contributed by atoms with Gasteiger partial charge in [0.25, 0.3) is 0 Å². The Kier molecular flexibility index (Phi) is 4.08. The number of rotatable bonds is 2. The van der Waals surface area contributed by atoms with Crippen LogP contribution in [0.3, 0.4) is 0 Å². The van der Waals surface area contributed by atoms with Crippen LogP contribution in [0.25, 0.3) is 0 Å². The van der Waals surface area contributed by atoms with E-state index < -0.39 is 5.60 Å². The van der Waals surface area contributed by atoms with Crippen LogP contribution in [0.4, 0.5) is 0 Å². The van der Waals surface area contributed by atoms with E-state index >= 15 is 0 Å². The number of aliphatic hydroxyl groups is 1. The fraction of sp³-hybridized carbons (Fsp3) is 0.571. The van der Waals surface area contributed by atoms with Crippen LogP contribution in [0.15, 0.2) is 24.3 Å². The Morgan fingerprint density at radius 3 is 2.94 bits per heavy atom. The summed E-state index contributed by atoms with van der Waals surface area (Å²) in [7, 11) is 0. The molecule has 1 saturated heterocycles. The van der Waals surface area contributed by atoms with E-state index in [1.54, 1.807) is 0 Å². The van der Waals surface area contributed by atoms with Gasteiger partial charge >= 0.3 is 0 Å². The highest BCUT2D eigenvalue weighted by atomic mass is 35.5. The molecule has 1 atom stereocenters. The average Bonchev–Trinajstić information content (AvgIpc) is 2.41. The standard InChI is InChI=1S/C14H20ClNO/c1-14(17)6-3-8-16(9-7-14)11-12-4-2-5-13(15)10-12/h2,4-5,10,17H,3,6-9,11H2,1H3. The number of nitrogens with zero attached hydrogens (tertiary/aromatic N) is 1. The van der Waals surface area contributed by atoms with Crippen LogP contribution < -0.4 is 0 Å². The highest BCUT2D eigenvalue weighted by Crippen LogP contribution is 2.22. The largest absolute Gasteiger partial charge is 0.390 e. The van der Waals surface area contributed by atoms with Crippen molar-refractivity contribution in [3.05, 3.63) is 34.9 Å².